The second-order valence-corrected chi connectivity index (χ2v) is 8.34. The first kappa shape index (κ1) is 25.4. The molecule has 0 aliphatic rings. The second-order valence-electron chi connectivity index (χ2n) is 7.90. The van der Waals surface area contributed by atoms with Gasteiger partial charge < -0.3 is 15.0 Å². The summed E-state index contributed by atoms with van der Waals surface area (Å²) in [5, 5.41) is 3.51. The molecule has 178 valence electrons. The molecule has 1 unspecified atom stereocenters. The molecule has 0 aromatic heterocycles. The van der Waals surface area contributed by atoms with Crippen molar-refractivity contribution in [2.45, 2.75) is 25.4 Å². The van der Waals surface area contributed by atoms with Crippen molar-refractivity contribution in [1.29, 1.82) is 0 Å². The van der Waals surface area contributed by atoms with E-state index in [2.05, 4.69) is 5.32 Å². The zero-order chi connectivity index (χ0) is 24.3. The van der Waals surface area contributed by atoms with Crippen LogP contribution >= 0.6 is 11.6 Å². The Morgan fingerprint density at radius 2 is 1.62 bits per heavy atom. The fraction of sp³-hybridized carbons (Fsp3) is 0.259. The third-order valence-electron chi connectivity index (χ3n) is 5.35. The van der Waals surface area contributed by atoms with Crippen LogP contribution in [0.25, 0.3) is 0 Å². The average molecular weight is 483 g/mol. The lowest BCUT2D eigenvalue weighted by Gasteiger charge is -2.32. The van der Waals surface area contributed by atoms with Crippen LogP contribution < -0.4 is 5.32 Å². The maximum absolute atomic E-state index is 13.6. The summed E-state index contributed by atoms with van der Waals surface area (Å²) in [4.78, 5) is 28.5. The molecule has 2 amide bonds. The van der Waals surface area contributed by atoms with Crippen molar-refractivity contribution in [1.82, 2.24) is 10.2 Å². The zero-order valence-corrected chi connectivity index (χ0v) is 19.8. The summed E-state index contributed by atoms with van der Waals surface area (Å²) in [5.41, 5.74) is 2.20. The number of halogens is 2. The minimum absolute atomic E-state index is 0.0959. The molecule has 0 saturated carbocycles. The Balaban J connectivity index is 1.93. The number of amides is 2. The highest BCUT2D eigenvalue weighted by atomic mass is 35.5. The molecular formula is C27H28ClFN2O3. The first-order valence-corrected chi connectivity index (χ1v) is 11.5. The highest BCUT2D eigenvalue weighted by Gasteiger charge is 2.31. The number of carbonyl (C=O) groups excluding carboxylic acids is 2. The molecule has 3 aromatic rings. The van der Waals surface area contributed by atoms with E-state index in [9.17, 15) is 14.0 Å². The van der Waals surface area contributed by atoms with E-state index in [0.29, 0.717) is 30.2 Å². The molecule has 0 radical (unpaired) electrons. The Kier molecular flexibility index (Phi) is 9.62. The van der Waals surface area contributed by atoms with E-state index >= 15 is 0 Å². The summed E-state index contributed by atoms with van der Waals surface area (Å²) in [6.45, 7) is 1.09. The summed E-state index contributed by atoms with van der Waals surface area (Å²) in [6, 6.07) is 21.3. The van der Waals surface area contributed by atoms with E-state index in [4.69, 9.17) is 16.3 Å². The molecule has 0 aliphatic heterocycles. The van der Waals surface area contributed by atoms with Gasteiger partial charge in [-0.2, -0.15) is 0 Å². The van der Waals surface area contributed by atoms with Gasteiger partial charge in [0, 0.05) is 31.8 Å². The van der Waals surface area contributed by atoms with Gasteiger partial charge in [0.05, 0.1) is 6.42 Å². The number of nitrogens with zero attached hydrogens (tertiary/aromatic N) is 1. The average Bonchev–Trinajstić information content (AvgIpc) is 2.85. The number of carbonyl (C=O) groups is 2. The summed E-state index contributed by atoms with van der Waals surface area (Å²) in [5.74, 6) is -0.875. The first-order valence-electron chi connectivity index (χ1n) is 11.1. The van der Waals surface area contributed by atoms with Crippen molar-refractivity contribution in [3.05, 3.63) is 106 Å². The van der Waals surface area contributed by atoms with Crippen LogP contribution in [0.1, 0.15) is 29.2 Å². The summed E-state index contributed by atoms with van der Waals surface area (Å²) < 4.78 is 18.6. The lowest BCUT2D eigenvalue weighted by Crippen LogP contribution is -2.44. The predicted molar refractivity (Wildman–Crippen MR) is 131 cm³/mol. The maximum atomic E-state index is 13.6. The summed E-state index contributed by atoms with van der Waals surface area (Å²) in [7, 11) is 1.61. The van der Waals surface area contributed by atoms with Gasteiger partial charge in [-0.3, -0.25) is 9.59 Å². The SMILES string of the molecule is COCCCNC(=O)C(c1ccccc1)N(Cc1ccc(F)cc1)C(=O)Cc1ccc(Cl)cc1. The molecule has 7 heteroatoms. The van der Waals surface area contributed by atoms with E-state index in [0.717, 1.165) is 11.1 Å². The Morgan fingerprint density at radius 1 is 0.971 bits per heavy atom. The van der Waals surface area contributed by atoms with Crippen LogP contribution in [0.2, 0.25) is 5.02 Å². The Hall–Kier alpha value is -3.22. The van der Waals surface area contributed by atoms with Crippen LogP contribution in [0.3, 0.4) is 0 Å². The largest absolute Gasteiger partial charge is 0.385 e. The van der Waals surface area contributed by atoms with Crippen LogP contribution in [-0.4, -0.2) is 37.0 Å². The van der Waals surface area contributed by atoms with Crippen LogP contribution in [0.4, 0.5) is 4.39 Å². The minimum atomic E-state index is -0.853. The molecule has 0 bridgehead atoms. The highest BCUT2D eigenvalue weighted by molar-refractivity contribution is 6.30. The van der Waals surface area contributed by atoms with E-state index in [1.807, 2.05) is 30.3 Å². The number of rotatable bonds is 11. The topological polar surface area (TPSA) is 58.6 Å². The normalized spacial score (nSPS) is 11.6. The smallest absolute Gasteiger partial charge is 0.247 e. The zero-order valence-electron chi connectivity index (χ0n) is 19.0. The molecular weight excluding hydrogens is 455 g/mol. The molecule has 5 nitrogen and oxygen atoms in total. The number of benzene rings is 3. The van der Waals surface area contributed by atoms with Crippen molar-refractivity contribution in [3.63, 3.8) is 0 Å². The first-order chi connectivity index (χ1) is 16.5. The van der Waals surface area contributed by atoms with E-state index < -0.39 is 6.04 Å². The van der Waals surface area contributed by atoms with Gasteiger partial charge in [-0.1, -0.05) is 66.2 Å². The fourth-order valence-electron chi connectivity index (χ4n) is 3.62. The van der Waals surface area contributed by atoms with Crippen molar-refractivity contribution < 1.29 is 18.7 Å². The summed E-state index contributed by atoms with van der Waals surface area (Å²) in [6.07, 6.45) is 0.749. The van der Waals surface area contributed by atoms with Crippen LogP contribution in [0.5, 0.6) is 0 Å². The molecule has 0 fully saturated rings. The van der Waals surface area contributed by atoms with Crippen LogP contribution in [0, 0.1) is 5.82 Å². The standard InChI is InChI=1S/C27H28ClFN2O3/c1-34-17-5-16-30-27(33)26(22-6-3-2-4-7-22)31(19-21-10-14-24(29)15-11-21)25(32)18-20-8-12-23(28)13-9-20/h2-4,6-15,26H,5,16-19H2,1H3,(H,30,33). The third kappa shape index (κ3) is 7.40. The van der Waals surface area contributed by atoms with Gasteiger partial charge in [-0.05, 0) is 47.4 Å². The van der Waals surface area contributed by atoms with Gasteiger partial charge in [0.25, 0.3) is 0 Å². The maximum Gasteiger partial charge on any atom is 0.247 e. The quantitative estimate of drug-likeness (QED) is 0.394. The third-order valence-corrected chi connectivity index (χ3v) is 5.61. The molecule has 34 heavy (non-hydrogen) atoms. The molecule has 1 atom stereocenters. The molecule has 3 rings (SSSR count). The number of hydrogen-bond acceptors (Lipinski definition) is 3. The number of hydrogen-bond donors (Lipinski definition) is 1. The van der Waals surface area contributed by atoms with E-state index in [1.165, 1.54) is 12.1 Å². The van der Waals surface area contributed by atoms with Crippen molar-refractivity contribution in [2.24, 2.45) is 0 Å². The minimum Gasteiger partial charge on any atom is -0.385 e. The Labute approximate surface area is 204 Å². The van der Waals surface area contributed by atoms with Crippen LogP contribution in [0.15, 0.2) is 78.9 Å². The molecule has 1 N–H and O–H groups in total. The highest BCUT2D eigenvalue weighted by Crippen LogP contribution is 2.25. The Bertz CT molecular complexity index is 1060. The van der Waals surface area contributed by atoms with E-state index in [-0.39, 0.29) is 30.6 Å². The number of nitrogens with one attached hydrogen (secondary N) is 1. The monoisotopic (exact) mass is 482 g/mol. The molecule has 3 aromatic carbocycles. The van der Waals surface area contributed by atoms with Gasteiger partial charge in [0.15, 0.2) is 0 Å². The lowest BCUT2D eigenvalue weighted by molar-refractivity contribution is -0.141. The molecule has 0 heterocycles. The number of ether oxygens (including phenoxy) is 1. The van der Waals surface area contributed by atoms with Gasteiger partial charge in [-0.15, -0.1) is 0 Å². The van der Waals surface area contributed by atoms with E-state index in [1.54, 1.807) is 48.4 Å². The second kappa shape index (κ2) is 12.9. The van der Waals surface area contributed by atoms with Gasteiger partial charge in [0.1, 0.15) is 11.9 Å². The van der Waals surface area contributed by atoms with Gasteiger partial charge in [-0.25, -0.2) is 4.39 Å². The van der Waals surface area contributed by atoms with Crippen molar-refractivity contribution in [2.75, 3.05) is 20.3 Å². The van der Waals surface area contributed by atoms with Gasteiger partial charge >= 0.3 is 0 Å². The fourth-order valence-corrected chi connectivity index (χ4v) is 3.75. The molecule has 0 aliphatic carbocycles. The van der Waals surface area contributed by atoms with Crippen molar-refractivity contribution in [3.8, 4) is 0 Å². The predicted octanol–water partition coefficient (Wildman–Crippen LogP) is 4.94. The van der Waals surface area contributed by atoms with Gasteiger partial charge in [0.2, 0.25) is 11.8 Å². The molecule has 0 saturated heterocycles. The number of methoxy groups -OCH3 is 1. The Morgan fingerprint density at radius 3 is 2.26 bits per heavy atom. The molecule has 0 spiro atoms. The summed E-state index contributed by atoms with van der Waals surface area (Å²) >= 11 is 5.99. The van der Waals surface area contributed by atoms with Crippen molar-refractivity contribution >= 4 is 23.4 Å². The van der Waals surface area contributed by atoms with Crippen LogP contribution in [-0.2, 0) is 27.3 Å². The lowest BCUT2D eigenvalue weighted by atomic mass is 10.0.